The number of rotatable bonds is 5. The van der Waals surface area contributed by atoms with E-state index in [9.17, 15) is 26.4 Å². The molecule has 0 saturated carbocycles. The molecule has 1 amide bonds. The monoisotopic (exact) mass is 481 g/mol. The molecule has 0 unspecified atom stereocenters. The van der Waals surface area contributed by atoms with Crippen LogP contribution in [0.3, 0.4) is 0 Å². The zero-order chi connectivity index (χ0) is 22.9. The SMILES string of the molecule is O=C(Nc1nc(-c2cccc(C(F)(F)F)c2)cs1)c1ccc(S(=O)(=O)N2CCCC2)cc1. The Morgan fingerprint density at radius 2 is 1.75 bits per heavy atom. The van der Waals surface area contributed by atoms with Crippen LogP contribution in [0, 0.1) is 0 Å². The number of halogens is 3. The third-order valence-corrected chi connectivity index (χ3v) is 7.70. The highest BCUT2D eigenvalue weighted by Gasteiger charge is 2.30. The quantitative estimate of drug-likeness (QED) is 0.564. The zero-order valence-electron chi connectivity index (χ0n) is 16.6. The first-order chi connectivity index (χ1) is 15.1. The largest absolute Gasteiger partial charge is 0.416 e. The smallest absolute Gasteiger partial charge is 0.298 e. The topological polar surface area (TPSA) is 79.4 Å². The molecule has 11 heteroatoms. The fourth-order valence-electron chi connectivity index (χ4n) is 3.34. The van der Waals surface area contributed by atoms with Gasteiger partial charge in [0.15, 0.2) is 5.13 Å². The molecule has 1 saturated heterocycles. The average Bonchev–Trinajstić information content (AvgIpc) is 3.46. The second-order valence-corrected chi connectivity index (χ2v) is 10.0. The Kier molecular flexibility index (Phi) is 6.06. The van der Waals surface area contributed by atoms with Gasteiger partial charge in [-0.2, -0.15) is 17.5 Å². The van der Waals surface area contributed by atoms with Gasteiger partial charge in [-0.05, 0) is 49.2 Å². The summed E-state index contributed by atoms with van der Waals surface area (Å²) >= 11 is 1.08. The number of carbonyl (C=O) groups excluding carboxylic acids is 1. The number of alkyl halides is 3. The molecule has 1 aromatic heterocycles. The van der Waals surface area contributed by atoms with Crippen LogP contribution in [0.5, 0.6) is 0 Å². The lowest BCUT2D eigenvalue weighted by atomic mass is 10.1. The van der Waals surface area contributed by atoms with E-state index in [0.717, 1.165) is 36.3 Å². The molecule has 0 bridgehead atoms. The van der Waals surface area contributed by atoms with E-state index in [0.29, 0.717) is 18.8 Å². The van der Waals surface area contributed by atoms with E-state index in [2.05, 4.69) is 10.3 Å². The maximum atomic E-state index is 12.9. The van der Waals surface area contributed by atoms with Gasteiger partial charge in [-0.3, -0.25) is 10.1 Å². The van der Waals surface area contributed by atoms with E-state index in [1.165, 1.54) is 40.7 Å². The summed E-state index contributed by atoms with van der Waals surface area (Å²) in [5, 5.41) is 4.36. The minimum Gasteiger partial charge on any atom is -0.298 e. The van der Waals surface area contributed by atoms with Crippen LogP contribution in [-0.2, 0) is 16.2 Å². The summed E-state index contributed by atoms with van der Waals surface area (Å²) in [6, 6.07) is 10.4. The van der Waals surface area contributed by atoms with E-state index in [1.807, 2.05) is 0 Å². The van der Waals surface area contributed by atoms with Gasteiger partial charge in [0.05, 0.1) is 16.2 Å². The highest BCUT2D eigenvalue weighted by Crippen LogP contribution is 2.33. The van der Waals surface area contributed by atoms with Gasteiger partial charge in [-0.1, -0.05) is 12.1 Å². The maximum absolute atomic E-state index is 12.9. The van der Waals surface area contributed by atoms with Crippen molar-refractivity contribution in [2.45, 2.75) is 23.9 Å². The number of sulfonamides is 1. The van der Waals surface area contributed by atoms with Crippen LogP contribution in [-0.4, -0.2) is 36.7 Å². The van der Waals surface area contributed by atoms with E-state index in [4.69, 9.17) is 0 Å². The number of carbonyl (C=O) groups is 1. The van der Waals surface area contributed by atoms with Crippen molar-refractivity contribution in [3.63, 3.8) is 0 Å². The minimum absolute atomic E-state index is 0.122. The normalized spacial score (nSPS) is 15.1. The van der Waals surface area contributed by atoms with Crippen molar-refractivity contribution in [2.75, 3.05) is 18.4 Å². The summed E-state index contributed by atoms with van der Waals surface area (Å²) in [6.07, 6.45) is -2.80. The molecule has 1 fully saturated rings. The van der Waals surface area contributed by atoms with Gasteiger partial charge in [0, 0.05) is 29.6 Å². The second kappa shape index (κ2) is 8.64. The third-order valence-electron chi connectivity index (χ3n) is 5.03. The lowest BCUT2D eigenvalue weighted by Gasteiger charge is -2.15. The fraction of sp³-hybridized carbons (Fsp3) is 0.238. The summed E-state index contributed by atoms with van der Waals surface area (Å²) in [5.74, 6) is -0.500. The Morgan fingerprint density at radius 3 is 2.41 bits per heavy atom. The predicted molar refractivity (Wildman–Crippen MR) is 115 cm³/mol. The highest BCUT2D eigenvalue weighted by atomic mass is 32.2. The van der Waals surface area contributed by atoms with Crippen molar-refractivity contribution in [1.82, 2.24) is 9.29 Å². The number of aromatic nitrogens is 1. The number of hydrogen-bond donors (Lipinski definition) is 1. The molecular weight excluding hydrogens is 463 g/mol. The summed E-state index contributed by atoms with van der Waals surface area (Å²) < 4.78 is 65.3. The summed E-state index contributed by atoms with van der Waals surface area (Å²) in [4.78, 5) is 16.8. The van der Waals surface area contributed by atoms with Gasteiger partial charge < -0.3 is 0 Å². The number of nitrogens with one attached hydrogen (secondary N) is 1. The number of benzene rings is 2. The molecule has 0 radical (unpaired) electrons. The molecule has 2 heterocycles. The fourth-order valence-corrected chi connectivity index (χ4v) is 5.58. The molecule has 1 aliphatic rings. The predicted octanol–water partition coefficient (Wildman–Crippen LogP) is 4.87. The summed E-state index contributed by atoms with van der Waals surface area (Å²) in [7, 11) is -3.57. The first-order valence-electron chi connectivity index (χ1n) is 9.69. The van der Waals surface area contributed by atoms with Crippen molar-refractivity contribution in [2.24, 2.45) is 0 Å². The molecule has 6 nitrogen and oxygen atoms in total. The first-order valence-corrected chi connectivity index (χ1v) is 12.0. The van der Waals surface area contributed by atoms with E-state index in [1.54, 1.807) is 5.38 Å². The number of nitrogens with zero attached hydrogens (tertiary/aromatic N) is 2. The molecule has 1 aliphatic heterocycles. The number of thiazole rings is 1. The van der Waals surface area contributed by atoms with Gasteiger partial charge in [-0.25, -0.2) is 13.4 Å². The third kappa shape index (κ3) is 4.69. The Hall–Kier alpha value is -2.76. The van der Waals surface area contributed by atoms with Crippen molar-refractivity contribution in [3.05, 3.63) is 65.0 Å². The first kappa shape index (κ1) is 22.4. The van der Waals surface area contributed by atoms with Crippen molar-refractivity contribution in [1.29, 1.82) is 0 Å². The van der Waals surface area contributed by atoms with E-state index < -0.39 is 27.7 Å². The molecule has 1 N–H and O–H groups in total. The summed E-state index contributed by atoms with van der Waals surface area (Å²) in [6.45, 7) is 0.978. The highest BCUT2D eigenvalue weighted by molar-refractivity contribution is 7.89. The van der Waals surface area contributed by atoms with Crippen molar-refractivity contribution in [3.8, 4) is 11.3 Å². The van der Waals surface area contributed by atoms with Crippen LogP contribution in [0.2, 0.25) is 0 Å². The van der Waals surface area contributed by atoms with Crippen LogP contribution in [0.4, 0.5) is 18.3 Å². The molecule has 168 valence electrons. The zero-order valence-corrected chi connectivity index (χ0v) is 18.2. The number of anilines is 1. The van der Waals surface area contributed by atoms with Gasteiger partial charge in [0.1, 0.15) is 0 Å². The molecular formula is C21H18F3N3O3S2. The van der Waals surface area contributed by atoms with Gasteiger partial charge >= 0.3 is 6.18 Å². The molecule has 2 aromatic carbocycles. The van der Waals surface area contributed by atoms with E-state index in [-0.39, 0.29) is 21.2 Å². The van der Waals surface area contributed by atoms with Crippen LogP contribution < -0.4 is 5.32 Å². The molecule has 32 heavy (non-hydrogen) atoms. The Labute approximate surface area is 186 Å². The number of hydrogen-bond acceptors (Lipinski definition) is 5. The van der Waals surface area contributed by atoms with Crippen LogP contribution in [0.1, 0.15) is 28.8 Å². The van der Waals surface area contributed by atoms with Gasteiger partial charge in [0.2, 0.25) is 10.0 Å². The molecule has 3 aromatic rings. The van der Waals surface area contributed by atoms with Crippen molar-refractivity contribution >= 4 is 32.4 Å². The maximum Gasteiger partial charge on any atom is 0.416 e. The lowest BCUT2D eigenvalue weighted by Crippen LogP contribution is -2.27. The lowest BCUT2D eigenvalue weighted by molar-refractivity contribution is -0.137. The second-order valence-electron chi connectivity index (χ2n) is 7.21. The summed E-state index contributed by atoms with van der Waals surface area (Å²) in [5.41, 5.74) is 0.0512. The Bertz CT molecular complexity index is 1230. The van der Waals surface area contributed by atoms with Gasteiger partial charge in [0.25, 0.3) is 5.91 Å². The average molecular weight is 482 g/mol. The molecule has 0 spiro atoms. The molecule has 0 atom stereocenters. The van der Waals surface area contributed by atoms with Gasteiger partial charge in [-0.15, -0.1) is 11.3 Å². The van der Waals surface area contributed by atoms with Crippen LogP contribution >= 0.6 is 11.3 Å². The molecule has 0 aliphatic carbocycles. The molecule has 4 rings (SSSR count). The number of amides is 1. The standard InChI is InChI=1S/C21H18F3N3O3S2/c22-21(23,24)16-5-3-4-15(12-16)18-13-31-20(25-18)26-19(28)14-6-8-17(9-7-14)32(29,30)27-10-1-2-11-27/h3-9,12-13H,1-2,10-11H2,(H,25,26,28). The van der Waals surface area contributed by atoms with Crippen LogP contribution in [0.15, 0.2) is 58.8 Å². The van der Waals surface area contributed by atoms with Crippen LogP contribution in [0.25, 0.3) is 11.3 Å². The van der Waals surface area contributed by atoms with Crippen molar-refractivity contribution < 1.29 is 26.4 Å². The Balaban J connectivity index is 1.47. The minimum atomic E-state index is -4.46. The Morgan fingerprint density at radius 1 is 1.06 bits per heavy atom. The van der Waals surface area contributed by atoms with E-state index >= 15 is 0 Å².